The molecule has 42 heavy (non-hydrogen) atoms. The molecule has 0 aromatic heterocycles. The molecule has 12 heteroatoms. The van der Waals surface area contributed by atoms with Gasteiger partial charge in [0.2, 0.25) is 0 Å². The number of rotatable bonds is 16. The lowest BCUT2D eigenvalue weighted by Gasteiger charge is -2.43. The van der Waals surface area contributed by atoms with E-state index >= 15 is 0 Å². The van der Waals surface area contributed by atoms with Gasteiger partial charge in [0, 0.05) is 0 Å². The molecule has 0 bridgehead atoms. The highest BCUT2D eigenvalue weighted by Crippen LogP contribution is 2.29. The van der Waals surface area contributed by atoms with Crippen LogP contribution in [0.1, 0.15) is 24.5 Å². The van der Waals surface area contributed by atoms with E-state index in [1.807, 2.05) is 24.3 Å². The van der Waals surface area contributed by atoms with E-state index in [0.29, 0.717) is 5.56 Å². The third-order valence-electron chi connectivity index (χ3n) is 6.69. The summed E-state index contributed by atoms with van der Waals surface area (Å²) in [5, 5.41) is 9.04. The number of benzene rings is 2. The molecule has 2 aromatic carbocycles. The van der Waals surface area contributed by atoms with Gasteiger partial charge in [-0.25, -0.2) is 0 Å². The van der Waals surface area contributed by atoms with Gasteiger partial charge in [0.05, 0.1) is 11.6 Å². The van der Waals surface area contributed by atoms with E-state index in [9.17, 15) is 0 Å². The van der Waals surface area contributed by atoms with Crippen molar-refractivity contribution in [2.75, 3.05) is 0 Å². The number of hydrogen-bond donors (Lipinski definition) is 0. The zero-order valence-electron chi connectivity index (χ0n) is 28.4. The summed E-state index contributed by atoms with van der Waals surface area (Å²) in [6.45, 7) is 28.5. The van der Waals surface area contributed by atoms with Crippen molar-refractivity contribution in [1.29, 1.82) is 5.26 Å². The van der Waals surface area contributed by atoms with E-state index < -0.39 is 50.9 Å². The quantitative estimate of drug-likeness (QED) is 0.165. The van der Waals surface area contributed by atoms with Crippen LogP contribution in [0, 0.1) is 11.3 Å². The van der Waals surface area contributed by atoms with Crippen molar-refractivity contribution in [1.82, 2.24) is 0 Å². The van der Waals surface area contributed by atoms with Gasteiger partial charge in [0.15, 0.2) is 16.6 Å². The predicted octanol–water partition coefficient (Wildman–Crippen LogP) is 9.48. The fraction of sp³-hybridized carbons (Fsp3) is 0.567. The molecule has 0 aliphatic heterocycles. The molecule has 0 saturated heterocycles. The molecular formula is C30H55NO5Si6. The molecule has 0 amide bonds. The van der Waals surface area contributed by atoms with Crippen molar-refractivity contribution in [2.45, 2.75) is 110 Å². The third-order valence-corrected chi connectivity index (χ3v) is 30.0. The zero-order valence-corrected chi connectivity index (χ0v) is 34.4. The summed E-state index contributed by atoms with van der Waals surface area (Å²) in [5.41, 5.74) is 4.26. The maximum atomic E-state index is 9.04. The molecule has 0 saturated carbocycles. The van der Waals surface area contributed by atoms with Crippen molar-refractivity contribution in [3.63, 3.8) is 0 Å². The second kappa shape index (κ2) is 14.4. The van der Waals surface area contributed by atoms with Crippen molar-refractivity contribution < 1.29 is 20.6 Å². The van der Waals surface area contributed by atoms with E-state index in [-0.39, 0.29) is 0 Å². The Morgan fingerprint density at radius 2 is 0.881 bits per heavy atom. The van der Waals surface area contributed by atoms with Crippen LogP contribution in [0.2, 0.25) is 90.7 Å². The average molecular weight is 678 g/mol. The minimum absolute atomic E-state index is 0.679. The van der Waals surface area contributed by atoms with Gasteiger partial charge in [0.25, 0.3) is 0 Å². The first-order chi connectivity index (χ1) is 19.1. The second-order valence-corrected chi connectivity index (χ2v) is 37.6. The van der Waals surface area contributed by atoms with Crippen LogP contribution in [-0.4, -0.2) is 50.9 Å². The number of hydrogen-bond acceptors (Lipinski definition) is 6. The molecule has 0 spiro atoms. The number of nitriles is 1. The van der Waals surface area contributed by atoms with E-state index in [4.69, 9.17) is 25.8 Å². The molecular weight excluding hydrogens is 623 g/mol. The first-order valence-electron chi connectivity index (χ1n) is 15.2. The van der Waals surface area contributed by atoms with Crippen molar-refractivity contribution in [2.24, 2.45) is 0 Å². The molecule has 2 rings (SSSR count). The third kappa shape index (κ3) is 13.3. The van der Waals surface area contributed by atoms with Crippen molar-refractivity contribution in [3.05, 3.63) is 59.7 Å². The Labute approximate surface area is 263 Å². The molecule has 0 heterocycles. The first kappa shape index (κ1) is 37.2. The van der Waals surface area contributed by atoms with Gasteiger partial charge in [-0.3, -0.25) is 0 Å². The lowest BCUT2D eigenvalue weighted by atomic mass is 10.0. The largest absolute Gasteiger partial charge is 0.436 e. The van der Waals surface area contributed by atoms with Crippen LogP contribution >= 0.6 is 0 Å². The van der Waals surface area contributed by atoms with Crippen LogP contribution in [0.25, 0.3) is 11.1 Å². The van der Waals surface area contributed by atoms with Crippen LogP contribution in [-0.2, 0) is 27.0 Å². The molecule has 2 aromatic rings. The van der Waals surface area contributed by atoms with Crippen molar-refractivity contribution in [3.8, 4) is 17.2 Å². The molecule has 0 atom stereocenters. The monoisotopic (exact) mass is 677 g/mol. The Kier molecular flexibility index (Phi) is 12.8. The minimum atomic E-state index is -2.52. The van der Waals surface area contributed by atoms with Gasteiger partial charge in [-0.2, -0.15) is 5.26 Å². The molecule has 0 unspecified atom stereocenters. The summed E-state index contributed by atoms with van der Waals surface area (Å²) in [7, 11) is -13.5. The molecule has 0 N–H and O–H groups in total. The van der Waals surface area contributed by atoms with Crippen molar-refractivity contribution >= 4 is 50.9 Å². The normalized spacial score (nSPS) is 13.7. The van der Waals surface area contributed by atoms with Crippen LogP contribution in [0.5, 0.6) is 0 Å². The summed E-state index contributed by atoms with van der Waals surface area (Å²) in [4.78, 5) is 0. The van der Waals surface area contributed by atoms with Gasteiger partial charge >= 0.3 is 34.2 Å². The molecule has 0 aliphatic rings. The number of nitrogens with zero attached hydrogens (tertiary/aromatic N) is 1. The van der Waals surface area contributed by atoms with Gasteiger partial charge in [-0.15, -0.1) is 0 Å². The Balaban J connectivity index is 1.96. The minimum Gasteiger partial charge on any atom is -0.436 e. The Morgan fingerprint density at radius 3 is 1.26 bits per heavy atom. The SMILES string of the molecule is CCC[Si](C)(C)O[Si](C)(C)O[Si](C)(C)O[Si](C)(C)O[Si](C)(C)O[Si](C)(C)CCc1ccc(-c2ccc(C#N)cc2)cc1. The molecule has 234 valence electrons. The van der Waals surface area contributed by atoms with Crippen LogP contribution in [0.3, 0.4) is 0 Å². The zero-order chi connectivity index (χ0) is 32.0. The summed E-state index contributed by atoms with van der Waals surface area (Å²) >= 11 is 0. The van der Waals surface area contributed by atoms with E-state index in [1.54, 1.807) is 0 Å². The summed E-state index contributed by atoms with van der Waals surface area (Å²) in [5.74, 6) is 0. The van der Waals surface area contributed by atoms with E-state index in [1.165, 1.54) is 5.56 Å². The highest BCUT2D eigenvalue weighted by atomic mass is 28.5. The summed E-state index contributed by atoms with van der Waals surface area (Å²) in [6.07, 6.45) is 2.11. The number of aryl methyl sites for hydroxylation is 1. The maximum absolute atomic E-state index is 9.04. The van der Waals surface area contributed by atoms with Crippen LogP contribution < -0.4 is 0 Å². The predicted molar refractivity (Wildman–Crippen MR) is 191 cm³/mol. The summed E-state index contributed by atoms with van der Waals surface area (Å²) < 4.78 is 33.7. The fourth-order valence-electron chi connectivity index (χ4n) is 5.94. The Morgan fingerprint density at radius 1 is 0.524 bits per heavy atom. The lowest BCUT2D eigenvalue weighted by molar-refractivity contribution is 0.281. The Hall–Kier alpha value is -0.969. The van der Waals surface area contributed by atoms with Gasteiger partial charge in [-0.05, 0) is 126 Å². The second-order valence-electron chi connectivity index (χ2n) is 14.3. The first-order valence-corrected chi connectivity index (χ1v) is 32.7. The van der Waals surface area contributed by atoms with Gasteiger partial charge in [-0.1, -0.05) is 49.7 Å². The molecule has 0 fully saturated rings. The maximum Gasteiger partial charge on any atom is 0.314 e. The van der Waals surface area contributed by atoms with Crippen LogP contribution in [0.15, 0.2) is 48.5 Å². The average Bonchev–Trinajstić information content (AvgIpc) is 2.79. The summed E-state index contributed by atoms with van der Waals surface area (Å²) in [6, 6.07) is 20.8. The Bertz CT molecular complexity index is 1190. The lowest BCUT2D eigenvalue weighted by Crippen LogP contribution is -2.60. The smallest absolute Gasteiger partial charge is 0.314 e. The molecule has 6 nitrogen and oxygen atoms in total. The topological polar surface area (TPSA) is 69.9 Å². The van der Waals surface area contributed by atoms with Crippen LogP contribution in [0.4, 0.5) is 0 Å². The molecule has 0 radical (unpaired) electrons. The van der Waals surface area contributed by atoms with E-state index in [0.717, 1.165) is 36.1 Å². The van der Waals surface area contributed by atoms with Gasteiger partial charge in [0.1, 0.15) is 0 Å². The van der Waals surface area contributed by atoms with E-state index in [2.05, 4.69) is 116 Å². The fourth-order valence-corrected chi connectivity index (χ4v) is 35.9. The standard InChI is InChI=1S/C30H55NO5Si6/c1-14-24-37(2,3)32-39(6,7)34-41(10,11)36-42(12,13)35-40(8,9)33-38(4,5)25-23-27-15-19-29(20-16-27)30-21-17-28(26-31)18-22-30/h15-22H,14,23-25H2,1-13H3. The molecule has 0 aliphatic carbocycles. The van der Waals surface area contributed by atoms with Gasteiger partial charge < -0.3 is 20.6 Å². The highest BCUT2D eigenvalue weighted by molar-refractivity contribution is 6.91. The highest BCUT2D eigenvalue weighted by Gasteiger charge is 2.47.